The molecule has 0 atom stereocenters. The van der Waals surface area contributed by atoms with E-state index in [4.69, 9.17) is 26.2 Å². The molecule has 3 heterocycles. The fourth-order valence-corrected chi connectivity index (χ4v) is 2.50. The SMILES string of the molecule is [B]C([B])(O)Oc1cc2ncc(-c3ccnc(N)n3)n2nc1C1CC1. The second-order valence-corrected chi connectivity index (χ2v) is 5.74. The summed E-state index contributed by atoms with van der Waals surface area (Å²) in [6.45, 7) is 0. The zero-order valence-corrected chi connectivity index (χ0v) is 12.6. The smallest absolute Gasteiger partial charge is 0.220 e. The number of imidazole rings is 1. The Kier molecular flexibility index (Phi) is 3.24. The van der Waals surface area contributed by atoms with Crippen molar-refractivity contribution >= 4 is 27.3 Å². The molecule has 1 aliphatic rings. The highest BCUT2D eigenvalue weighted by Crippen LogP contribution is 2.43. The number of anilines is 1. The van der Waals surface area contributed by atoms with Gasteiger partial charge in [-0.05, 0) is 18.9 Å². The van der Waals surface area contributed by atoms with Crippen molar-refractivity contribution in [2.24, 2.45) is 0 Å². The maximum absolute atomic E-state index is 9.53. The molecule has 10 heteroatoms. The number of nitrogens with zero attached hydrogens (tertiary/aromatic N) is 5. The van der Waals surface area contributed by atoms with Crippen LogP contribution in [-0.2, 0) is 0 Å². The van der Waals surface area contributed by atoms with Crippen LogP contribution in [0.2, 0.25) is 0 Å². The zero-order valence-electron chi connectivity index (χ0n) is 12.6. The van der Waals surface area contributed by atoms with Crippen LogP contribution in [0.3, 0.4) is 0 Å². The number of hydrogen-bond acceptors (Lipinski definition) is 7. The lowest BCUT2D eigenvalue weighted by Crippen LogP contribution is -2.37. The first-order valence-electron chi connectivity index (χ1n) is 7.37. The minimum atomic E-state index is -2.28. The summed E-state index contributed by atoms with van der Waals surface area (Å²) in [6.07, 6.45) is 5.15. The van der Waals surface area contributed by atoms with E-state index in [0.717, 1.165) is 12.8 Å². The molecule has 0 amide bonds. The highest BCUT2D eigenvalue weighted by molar-refractivity contribution is 6.37. The third-order valence-electron chi connectivity index (χ3n) is 3.66. The number of nitrogen functional groups attached to an aromatic ring is 1. The third kappa shape index (κ3) is 2.80. The number of hydrogen-bond donors (Lipinski definition) is 2. The highest BCUT2D eigenvalue weighted by Gasteiger charge is 2.31. The Morgan fingerprint density at radius 1 is 1.33 bits per heavy atom. The van der Waals surface area contributed by atoms with E-state index in [2.05, 4.69) is 20.1 Å². The van der Waals surface area contributed by atoms with Gasteiger partial charge in [-0.25, -0.2) is 19.5 Å². The minimum absolute atomic E-state index is 0.168. The van der Waals surface area contributed by atoms with Crippen LogP contribution >= 0.6 is 0 Å². The van der Waals surface area contributed by atoms with Crippen LogP contribution in [0.4, 0.5) is 5.95 Å². The predicted octanol–water partition coefficient (Wildman–Crippen LogP) is -0.0347. The van der Waals surface area contributed by atoms with Crippen molar-refractivity contribution in [3.63, 3.8) is 0 Å². The van der Waals surface area contributed by atoms with Gasteiger partial charge in [0.15, 0.2) is 21.3 Å². The molecule has 1 aliphatic carbocycles. The molecular formula is C14H12B2N6O2. The second kappa shape index (κ2) is 5.20. The van der Waals surface area contributed by atoms with Crippen molar-refractivity contribution < 1.29 is 9.84 Å². The van der Waals surface area contributed by atoms with Gasteiger partial charge in [-0.15, -0.1) is 0 Å². The van der Waals surface area contributed by atoms with Crippen molar-refractivity contribution in [2.45, 2.75) is 24.3 Å². The van der Waals surface area contributed by atoms with Crippen molar-refractivity contribution in [1.82, 2.24) is 24.6 Å². The number of fused-ring (bicyclic) bond motifs is 1. The standard InChI is InChI=1S/C14H12B2N6O2/c15-14(16,23)24-10-5-11-19-6-9(8-3-4-18-13(17)20-8)22(11)21-12(10)7-1-2-7/h3-7,23H,1-2H2,(H2,17,18,20). The van der Waals surface area contributed by atoms with Crippen LogP contribution in [0.25, 0.3) is 17.0 Å². The highest BCUT2D eigenvalue weighted by atomic mass is 16.6. The van der Waals surface area contributed by atoms with Crippen molar-refractivity contribution in [2.75, 3.05) is 5.73 Å². The number of aromatic nitrogens is 5. The predicted molar refractivity (Wildman–Crippen MR) is 87.5 cm³/mol. The van der Waals surface area contributed by atoms with Crippen LogP contribution < -0.4 is 10.5 Å². The van der Waals surface area contributed by atoms with Crippen LogP contribution in [0.15, 0.2) is 24.5 Å². The Morgan fingerprint density at radius 3 is 2.79 bits per heavy atom. The van der Waals surface area contributed by atoms with Crippen LogP contribution in [0, 0.1) is 0 Å². The molecule has 0 bridgehead atoms. The third-order valence-corrected chi connectivity index (χ3v) is 3.66. The molecule has 24 heavy (non-hydrogen) atoms. The largest absolute Gasteiger partial charge is 0.480 e. The summed E-state index contributed by atoms with van der Waals surface area (Å²) in [7, 11) is 10.7. The lowest BCUT2D eigenvalue weighted by Gasteiger charge is -2.23. The van der Waals surface area contributed by atoms with Gasteiger partial charge in [0.2, 0.25) is 5.95 Å². The van der Waals surface area contributed by atoms with E-state index in [9.17, 15) is 5.11 Å². The molecule has 1 fully saturated rings. The van der Waals surface area contributed by atoms with E-state index in [0.29, 0.717) is 28.5 Å². The summed E-state index contributed by atoms with van der Waals surface area (Å²) in [5, 5.41) is 14.1. The Hall–Kier alpha value is -2.61. The summed E-state index contributed by atoms with van der Waals surface area (Å²) in [5.41, 5.74) is 5.81. The number of ether oxygens (including phenoxy) is 1. The number of nitrogens with two attached hydrogens (primary N) is 1. The van der Waals surface area contributed by atoms with Crippen molar-refractivity contribution in [1.29, 1.82) is 0 Å². The van der Waals surface area contributed by atoms with Gasteiger partial charge in [0.25, 0.3) is 0 Å². The van der Waals surface area contributed by atoms with Gasteiger partial charge in [-0.3, -0.25) is 0 Å². The number of rotatable bonds is 4. The number of aliphatic hydroxyl groups is 1. The molecule has 1 saturated carbocycles. The van der Waals surface area contributed by atoms with Crippen molar-refractivity contribution in [3.8, 4) is 17.1 Å². The molecule has 3 aromatic rings. The summed E-state index contributed by atoms with van der Waals surface area (Å²) in [6, 6.07) is 3.36. The molecule has 3 N–H and O–H groups in total. The van der Waals surface area contributed by atoms with E-state index in [-0.39, 0.29) is 11.9 Å². The quantitative estimate of drug-likeness (QED) is 0.513. The van der Waals surface area contributed by atoms with E-state index in [1.165, 1.54) is 0 Å². The Bertz CT molecular complexity index is 919. The Morgan fingerprint density at radius 2 is 2.12 bits per heavy atom. The maximum atomic E-state index is 9.53. The normalized spacial score (nSPS) is 14.9. The summed E-state index contributed by atoms with van der Waals surface area (Å²) in [5.74, 6) is 0.718. The molecule has 116 valence electrons. The summed E-state index contributed by atoms with van der Waals surface area (Å²) in [4.78, 5) is 12.4. The fourth-order valence-electron chi connectivity index (χ4n) is 2.50. The van der Waals surface area contributed by atoms with Crippen LogP contribution in [0.1, 0.15) is 24.5 Å². The van der Waals surface area contributed by atoms with Crippen LogP contribution in [-0.4, -0.2) is 51.0 Å². The van der Waals surface area contributed by atoms with E-state index in [1.807, 2.05) is 0 Å². The van der Waals surface area contributed by atoms with E-state index in [1.54, 1.807) is 29.0 Å². The molecule has 3 aromatic heterocycles. The molecule has 0 saturated heterocycles. The Balaban J connectivity index is 1.86. The van der Waals surface area contributed by atoms with Gasteiger partial charge in [-0.2, -0.15) is 5.10 Å². The van der Waals surface area contributed by atoms with Gasteiger partial charge in [0.1, 0.15) is 22.7 Å². The molecule has 0 aliphatic heterocycles. The molecule has 4 radical (unpaired) electrons. The van der Waals surface area contributed by atoms with Gasteiger partial charge < -0.3 is 15.6 Å². The van der Waals surface area contributed by atoms with Gasteiger partial charge in [-0.1, -0.05) is 0 Å². The molecule has 0 spiro atoms. The Labute approximate surface area is 139 Å². The maximum Gasteiger partial charge on any atom is 0.220 e. The van der Waals surface area contributed by atoms with Crippen LogP contribution in [0.5, 0.6) is 5.75 Å². The average Bonchev–Trinajstić information content (AvgIpc) is 3.25. The first-order valence-corrected chi connectivity index (χ1v) is 7.37. The lowest BCUT2D eigenvalue weighted by atomic mass is 9.76. The molecule has 0 unspecified atom stereocenters. The monoisotopic (exact) mass is 318 g/mol. The van der Waals surface area contributed by atoms with E-state index < -0.39 is 5.59 Å². The lowest BCUT2D eigenvalue weighted by molar-refractivity contribution is 0.0116. The molecule has 4 rings (SSSR count). The topological polar surface area (TPSA) is 111 Å². The van der Waals surface area contributed by atoms with Gasteiger partial charge in [0, 0.05) is 18.2 Å². The van der Waals surface area contributed by atoms with Gasteiger partial charge in [0.05, 0.1) is 11.9 Å². The molecule has 0 aromatic carbocycles. The first kappa shape index (κ1) is 14.9. The minimum Gasteiger partial charge on any atom is -0.480 e. The summed E-state index contributed by atoms with van der Waals surface area (Å²) >= 11 is 0. The second-order valence-electron chi connectivity index (χ2n) is 5.74. The first-order chi connectivity index (χ1) is 11.4. The zero-order chi connectivity index (χ0) is 16.9. The van der Waals surface area contributed by atoms with Crippen molar-refractivity contribution in [3.05, 3.63) is 30.2 Å². The van der Waals surface area contributed by atoms with E-state index >= 15 is 0 Å². The summed E-state index contributed by atoms with van der Waals surface area (Å²) < 4.78 is 6.87. The molecule has 8 nitrogen and oxygen atoms in total. The molecular weight excluding hydrogens is 306 g/mol. The average molecular weight is 318 g/mol. The fraction of sp³-hybridized carbons (Fsp3) is 0.286. The van der Waals surface area contributed by atoms with Gasteiger partial charge >= 0.3 is 0 Å².